The Labute approximate surface area is 92.3 Å². The molecule has 0 aliphatic heterocycles. The first kappa shape index (κ1) is 12.5. The highest BCUT2D eigenvalue weighted by molar-refractivity contribution is 5.78. The molecule has 2 N–H and O–H groups in total. The predicted molar refractivity (Wildman–Crippen MR) is 60.5 cm³/mol. The zero-order chi connectivity index (χ0) is 11.1. The summed E-state index contributed by atoms with van der Waals surface area (Å²) in [5.74, 6) is 0.470. The normalized spacial score (nSPS) is 19.9. The molecule has 0 bridgehead atoms. The van der Waals surface area contributed by atoms with Crippen LogP contribution < -0.4 is 5.32 Å². The molecule has 1 amide bonds. The van der Waals surface area contributed by atoms with Crippen molar-refractivity contribution in [2.24, 2.45) is 11.8 Å². The first-order valence-electron chi connectivity index (χ1n) is 6.16. The van der Waals surface area contributed by atoms with E-state index in [1.54, 1.807) is 0 Å². The molecule has 0 aromatic rings. The van der Waals surface area contributed by atoms with Gasteiger partial charge in [-0.25, -0.2) is 0 Å². The minimum atomic E-state index is -0.214. The summed E-state index contributed by atoms with van der Waals surface area (Å²) < 4.78 is 0. The summed E-state index contributed by atoms with van der Waals surface area (Å²) in [5, 5.41) is 11.9. The highest BCUT2D eigenvalue weighted by atomic mass is 16.3. The zero-order valence-corrected chi connectivity index (χ0v) is 9.67. The van der Waals surface area contributed by atoms with Gasteiger partial charge in [-0.15, -0.1) is 0 Å². The van der Waals surface area contributed by atoms with Crippen LogP contribution in [0.25, 0.3) is 0 Å². The lowest BCUT2D eigenvalue weighted by molar-refractivity contribution is -0.126. The summed E-state index contributed by atoms with van der Waals surface area (Å²) in [5.41, 5.74) is 0. The Kier molecular flexibility index (Phi) is 5.69. The Hall–Kier alpha value is -0.570. The highest BCUT2D eigenvalue weighted by Gasteiger charge is 2.18. The van der Waals surface area contributed by atoms with Gasteiger partial charge in [-0.05, 0) is 25.2 Å². The fraction of sp³-hybridized carbons (Fsp3) is 0.917. The number of aliphatic hydroxyl groups is 1. The summed E-state index contributed by atoms with van der Waals surface area (Å²) in [7, 11) is 0. The van der Waals surface area contributed by atoms with Crippen LogP contribution in [0, 0.1) is 11.8 Å². The number of amides is 1. The Bertz CT molecular complexity index is 184. The van der Waals surface area contributed by atoms with Crippen LogP contribution in [0.2, 0.25) is 0 Å². The molecule has 0 radical (unpaired) electrons. The van der Waals surface area contributed by atoms with Gasteiger partial charge in [-0.3, -0.25) is 4.79 Å². The van der Waals surface area contributed by atoms with Crippen molar-refractivity contribution < 1.29 is 9.90 Å². The van der Waals surface area contributed by atoms with Gasteiger partial charge in [-0.2, -0.15) is 0 Å². The molecule has 0 heterocycles. The fourth-order valence-electron chi connectivity index (χ4n) is 2.18. The van der Waals surface area contributed by atoms with E-state index in [4.69, 9.17) is 5.11 Å². The molecule has 0 aromatic carbocycles. The number of carbonyl (C=O) groups excluding carboxylic acids is 1. The van der Waals surface area contributed by atoms with Crippen LogP contribution in [0.3, 0.4) is 0 Å². The molecule has 1 rings (SSSR count). The van der Waals surface area contributed by atoms with Gasteiger partial charge in [-0.1, -0.05) is 26.2 Å². The minimum Gasteiger partial charge on any atom is -0.396 e. The van der Waals surface area contributed by atoms with Gasteiger partial charge >= 0.3 is 0 Å². The van der Waals surface area contributed by atoms with Crippen molar-refractivity contribution >= 4 is 5.91 Å². The fourth-order valence-corrected chi connectivity index (χ4v) is 2.18. The standard InChI is InChI=1S/C12H23NO2/c1-2-11(9-14)12(15)13-8-10-6-4-3-5-7-10/h10-11,14H,2-9H2,1H3,(H,13,15). The maximum absolute atomic E-state index is 11.6. The molecule has 3 nitrogen and oxygen atoms in total. The minimum absolute atomic E-state index is 0.0190. The second-order valence-electron chi connectivity index (χ2n) is 4.54. The lowest BCUT2D eigenvalue weighted by Crippen LogP contribution is -2.36. The lowest BCUT2D eigenvalue weighted by Gasteiger charge is -2.22. The molecule has 1 saturated carbocycles. The van der Waals surface area contributed by atoms with Crippen LogP contribution in [0.5, 0.6) is 0 Å². The molecule has 1 unspecified atom stereocenters. The van der Waals surface area contributed by atoms with Crippen LogP contribution in [0.1, 0.15) is 45.4 Å². The van der Waals surface area contributed by atoms with Crippen LogP contribution in [0.15, 0.2) is 0 Å². The van der Waals surface area contributed by atoms with Gasteiger partial charge < -0.3 is 10.4 Å². The molecule has 15 heavy (non-hydrogen) atoms. The van der Waals surface area contributed by atoms with Crippen LogP contribution in [-0.4, -0.2) is 24.2 Å². The van der Waals surface area contributed by atoms with Crippen LogP contribution in [-0.2, 0) is 4.79 Å². The molecule has 0 spiro atoms. The third-order valence-electron chi connectivity index (χ3n) is 3.37. The van der Waals surface area contributed by atoms with E-state index in [2.05, 4.69) is 5.32 Å². The third kappa shape index (κ3) is 4.20. The first-order valence-corrected chi connectivity index (χ1v) is 6.16. The number of hydrogen-bond acceptors (Lipinski definition) is 2. The van der Waals surface area contributed by atoms with Crippen molar-refractivity contribution in [1.29, 1.82) is 0 Å². The largest absolute Gasteiger partial charge is 0.396 e. The van der Waals surface area contributed by atoms with Gasteiger partial charge in [0.15, 0.2) is 0 Å². The predicted octanol–water partition coefficient (Wildman–Crippen LogP) is 1.70. The average Bonchev–Trinajstić information content (AvgIpc) is 2.29. The van der Waals surface area contributed by atoms with Crippen molar-refractivity contribution in [3.8, 4) is 0 Å². The number of carbonyl (C=O) groups is 1. The molecule has 0 aromatic heterocycles. The zero-order valence-electron chi connectivity index (χ0n) is 9.67. The number of nitrogens with one attached hydrogen (secondary N) is 1. The highest BCUT2D eigenvalue weighted by Crippen LogP contribution is 2.22. The summed E-state index contributed by atoms with van der Waals surface area (Å²) in [6, 6.07) is 0. The Morgan fingerprint density at radius 1 is 1.40 bits per heavy atom. The van der Waals surface area contributed by atoms with Crippen molar-refractivity contribution in [2.75, 3.05) is 13.2 Å². The van der Waals surface area contributed by atoms with Gasteiger partial charge in [0.05, 0.1) is 12.5 Å². The molecule has 3 heteroatoms. The van der Waals surface area contributed by atoms with Crippen molar-refractivity contribution in [3.05, 3.63) is 0 Å². The SMILES string of the molecule is CCC(CO)C(=O)NCC1CCCCC1. The molecule has 0 saturated heterocycles. The molecular formula is C12H23NO2. The van der Waals surface area contributed by atoms with Crippen LogP contribution >= 0.6 is 0 Å². The van der Waals surface area contributed by atoms with E-state index >= 15 is 0 Å². The van der Waals surface area contributed by atoms with Gasteiger partial charge in [0.2, 0.25) is 5.91 Å². The molecule has 1 aliphatic rings. The first-order chi connectivity index (χ1) is 7.27. The molecular weight excluding hydrogens is 190 g/mol. The quantitative estimate of drug-likeness (QED) is 0.730. The Morgan fingerprint density at radius 2 is 2.07 bits per heavy atom. The second-order valence-corrected chi connectivity index (χ2v) is 4.54. The second kappa shape index (κ2) is 6.83. The van der Waals surface area contributed by atoms with Crippen molar-refractivity contribution in [1.82, 2.24) is 5.32 Å². The topological polar surface area (TPSA) is 49.3 Å². The summed E-state index contributed by atoms with van der Waals surface area (Å²) in [4.78, 5) is 11.6. The van der Waals surface area contributed by atoms with Crippen LogP contribution in [0.4, 0.5) is 0 Å². The maximum atomic E-state index is 11.6. The van der Waals surface area contributed by atoms with E-state index in [0.29, 0.717) is 12.3 Å². The van der Waals surface area contributed by atoms with Crippen molar-refractivity contribution in [2.45, 2.75) is 45.4 Å². The number of rotatable bonds is 5. The van der Waals surface area contributed by atoms with E-state index in [0.717, 1.165) is 6.54 Å². The van der Waals surface area contributed by atoms with Gasteiger partial charge in [0.1, 0.15) is 0 Å². The Morgan fingerprint density at radius 3 is 2.60 bits per heavy atom. The van der Waals surface area contributed by atoms with E-state index in [1.165, 1.54) is 32.1 Å². The number of hydrogen-bond donors (Lipinski definition) is 2. The lowest BCUT2D eigenvalue weighted by atomic mass is 9.89. The van der Waals surface area contributed by atoms with Gasteiger partial charge in [0.25, 0.3) is 0 Å². The Balaban J connectivity index is 2.20. The summed E-state index contributed by atoms with van der Waals surface area (Å²) in [6.45, 7) is 2.70. The molecule has 1 atom stereocenters. The summed E-state index contributed by atoms with van der Waals surface area (Å²) in [6.07, 6.45) is 7.16. The van der Waals surface area contributed by atoms with E-state index < -0.39 is 0 Å². The van der Waals surface area contributed by atoms with Gasteiger partial charge in [0, 0.05) is 6.54 Å². The smallest absolute Gasteiger partial charge is 0.225 e. The molecule has 1 fully saturated rings. The molecule has 1 aliphatic carbocycles. The monoisotopic (exact) mass is 213 g/mol. The average molecular weight is 213 g/mol. The number of aliphatic hydroxyl groups excluding tert-OH is 1. The van der Waals surface area contributed by atoms with Crippen molar-refractivity contribution in [3.63, 3.8) is 0 Å². The van der Waals surface area contributed by atoms with E-state index in [1.807, 2.05) is 6.92 Å². The van der Waals surface area contributed by atoms with E-state index in [-0.39, 0.29) is 18.4 Å². The van der Waals surface area contributed by atoms with E-state index in [9.17, 15) is 4.79 Å². The summed E-state index contributed by atoms with van der Waals surface area (Å²) >= 11 is 0. The third-order valence-corrected chi connectivity index (χ3v) is 3.37. The molecule has 88 valence electrons. The maximum Gasteiger partial charge on any atom is 0.225 e.